The van der Waals surface area contributed by atoms with Crippen molar-refractivity contribution in [3.8, 4) is 17.0 Å². The van der Waals surface area contributed by atoms with Gasteiger partial charge in [-0.1, -0.05) is 43.0 Å². The Morgan fingerprint density at radius 2 is 1.75 bits per heavy atom. The van der Waals surface area contributed by atoms with E-state index in [1.807, 2.05) is 54.6 Å². The van der Waals surface area contributed by atoms with Gasteiger partial charge in [0.25, 0.3) is 0 Å². The van der Waals surface area contributed by atoms with Crippen LogP contribution in [0, 0.1) is 0 Å². The quantitative estimate of drug-likeness (QED) is 0.195. The van der Waals surface area contributed by atoms with Crippen molar-refractivity contribution in [2.45, 2.75) is 6.61 Å². The summed E-state index contributed by atoms with van der Waals surface area (Å²) in [5, 5.41) is 10.2. The summed E-state index contributed by atoms with van der Waals surface area (Å²) in [6, 6.07) is 22.3. The number of likely N-dealkylation sites (N-methyl/N-ethyl adjacent to an activating group) is 1. The maximum absolute atomic E-state index is 11.9. The fourth-order valence-corrected chi connectivity index (χ4v) is 3.87. The second kappa shape index (κ2) is 14.9. The number of hydrogen-bond acceptors (Lipinski definition) is 7. The van der Waals surface area contributed by atoms with Gasteiger partial charge in [0.05, 0.1) is 31.6 Å². The number of carbonyl (C=O) groups excluding carboxylic acids is 3. The van der Waals surface area contributed by atoms with Crippen LogP contribution >= 0.6 is 0 Å². The van der Waals surface area contributed by atoms with Crippen molar-refractivity contribution in [2.24, 2.45) is 0 Å². The summed E-state index contributed by atoms with van der Waals surface area (Å²) < 4.78 is 10.3. The van der Waals surface area contributed by atoms with Crippen LogP contribution in [0.25, 0.3) is 22.0 Å². The number of ether oxygens (including phenoxy) is 2. The Labute approximate surface area is 233 Å². The molecule has 40 heavy (non-hydrogen) atoms. The van der Waals surface area contributed by atoms with Crippen LogP contribution in [0.15, 0.2) is 85.5 Å². The minimum atomic E-state index is -0.290. The van der Waals surface area contributed by atoms with E-state index in [1.54, 1.807) is 39.5 Å². The number of hydrogen-bond donors (Lipinski definition) is 3. The Bertz CT molecular complexity index is 1500. The van der Waals surface area contributed by atoms with Gasteiger partial charge in [0, 0.05) is 35.4 Å². The summed E-state index contributed by atoms with van der Waals surface area (Å²) >= 11 is 0. The molecule has 0 saturated heterocycles. The van der Waals surface area contributed by atoms with Crippen LogP contribution in [0.3, 0.4) is 0 Å². The van der Waals surface area contributed by atoms with Gasteiger partial charge in [-0.05, 0) is 48.8 Å². The van der Waals surface area contributed by atoms with Gasteiger partial charge in [-0.2, -0.15) is 0 Å². The lowest BCUT2D eigenvalue weighted by Crippen LogP contribution is -2.24. The van der Waals surface area contributed by atoms with Crippen LogP contribution in [0.2, 0.25) is 0 Å². The van der Waals surface area contributed by atoms with E-state index in [4.69, 9.17) is 9.47 Å². The topological polar surface area (TPSA) is 119 Å². The molecule has 4 rings (SSSR count). The summed E-state index contributed by atoms with van der Waals surface area (Å²) in [6.07, 6.45) is 1.95. The Hall–Kier alpha value is -4.86. The first-order valence-electron chi connectivity index (χ1n) is 12.4. The van der Waals surface area contributed by atoms with E-state index in [0.29, 0.717) is 30.2 Å². The van der Waals surface area contributed by atoms with Gasteiger partial charge in [-0.3, -0.25) is 14.4 Å². The molecule has 0 aliphatic carbocycles. The van der Waals surface area contributed by atoms with Gasteiger partial charge < -0.3 is 25.4 Å². The first-order chi connectivity index (χ1) is 19.4. The number of methoxy groups -OCH3 is 2. The molecule has 3 aromatic carbocycles. The minimum Gasteiger partial charge on any atom is -0.497 e. The highest BCUT2D eigenvalue weighted by Crippen LogP contribution is 2.32. The number of rotatable bonds is 10. The third kappa shape index (κ3) is 8.07. The van der Waals surface area contributed by atoms with Crippen molar-refractivity contribution in [3.63, 3.8) is 0 Å². The number of benzene rings is 3. The second-order valence-electron chi connectivity index (χ2n) is 8.54. The van der Waals surface area contributed by atoms with Crippen molar-refractivity contribution in [2.75, 3.05) is 38.4 Å². The molecule has 0 aliphatic rings. The number of pyridine rings is 1. The largest absolute Gasteiger partial charge is 0.497 e. The summed E-state index contributed by atoms with van der Waals surface area (Å²) in [5.41, 5.74) is 4.20. The molecular formula is C31H32N4O5. The molecular weight excluding hydrogens is 508 g/mol. The maximum atomic E-state index is 11.9. The number of nitrogens with one attached hydrogen (secondary N) is 3. The van der Waals surface area contributed by atoms with Gasteiger partial charge in [-0.25, -0.2) is 4.98 Å². The fraction of sp³-hybridized carbons (Fsp3) is 0.161. The first kappa shape index (κ1) is 29.7. The van der Waals surface area contributed by atoms with Crippen molar-refractivity contribution < 1.29 is 23.9 Å². The maximum Gasteiger partial charge on any atom is 0.247 e. The Balaban J connectivity index is 0.000000267. The van der Waals surface area contributed by atoms with Crippen LogP contribution < -0.4 is 20.7 Å². The molecule has 0 radical (unpaired) electrons. The molecule has 1 heterocycles. The summed E-state index contributed by atoms with van der Waals surface area (Å²) in [6.45, 7) is 4.18. The molecule has 2 amide bonds. The zero-order valence-corrected chi connectivity index (χ0v) is 22.7. The monoisotopic (exact) mass is 540 g/mol. The molecule has 9 nitrogen and oxygen atoms in total. The normalized spacial score (nSPS) is 10.2. The van der Waals surface area contributed by atoms with Crippen LogP contribution in [0.4, 0.5) is 11.4 Å². The second-order valence-corrected chi connectivity index (χ2v) is 8.54. The number of aldehydes is 1. The Kier molecular flexibility index (Phi) is 11.1. The number of carbonyl (C=O) groups is 3. The third-order valence-electron chi connectivity index (χ3n) is 5.72. The molecule has 3 N–H and O–H groups in total. The van der Waals surface area contributed by atoms with E-state index in [9.17, 15) is 14.4 Å². The molecule has 0 unspecified atom stereocenters. The standard InChI is InChI=1S/C21H18N2O3.C10H14N2O2/c1-3-20(25)23-21-16(13-26-2)10-8-14-7-9-15(11-18(14)21)19-6-4-5-17(12-24)22-19;1-11-7-10(13)12-8-4-3-5-9(6-8)14-2/h3-12H,1,13H2,2H3,(H,23,25);3-6,11H,7H2,1-2H3,(H,12,13). The Morgan fingerprint density at radius 3 is 2.45 bits per heavy atom. The average Bonchev–Trinajstić information content (AvgIpc) is 2.98. The summed E-state index contributed by atoms with van der Waals surface area (Å²) in [7, 11) is 4.92. The number of nitrogens with zero attached hydrogens (tertiary/aromatic N) is 1. The molecule has 0 fully saturated rings. The molecule has 9 heteroatoms. The number of amides is 2. The summed E-state index contributed by atoms with van der Waals surface area (Å²) in [5.74, 6) is 0.370. The van der Waals surface area contributed by atoms with Gasteiger partial charge in [-0.15, -0.1) is 0 Å². The molecule has 4 aromatic rings. The van der Waals surface area contributed by atoms with Crippen LogP contribution in [-0.4, -0.2) is 50.9 Å². The highest BCUT2D eigenvalue weighted by Gasteiger charge is 2.12. The van der Waals surface area contributed by atoms with Crippen molar-refractivity contribution in [1.82, 2.24) is 10.3 Å². The lowest BCUT2D eigenvalue weighted by Gasteiger charge is -2.14. The van der Waals surface area contributed by atoms with E-state index >= 15 is 0 Å². The van der Waals surface area contributed by atoms with Gasteiger partial charge >= 0.3 is 0 Å². The molecule has 0 atom stereocenters. The van der Waals surface area contributed by atoms with Gasteiger partial charge in [0.15, 0.2) is 6.29 Å². The highest BCUT2D eigenvalue weighted by atomic mass is 16.5. The van der Waals surface area contributed by atoms with Crippen molar-refractivity contribution >= 4 is 40.2 Å². The van der Waals surface area contributed by atoms with E-state index in [2.05, 4.69) is 27.5 Å². The number of aromatic nitrogens is 1. The fourth-order valence-electron chi connectivity index (χ4n) is 3.87. The van der Waals surface area contributed by atoms with E-state index < -0.39 is 0 Å². The van der Waals surface area contributed by atoms with E-state index in [0.717, 1.165) is 39.6 Å². The van der Waals surface area contributed by atoms with E-state index in [-0.39, 0.29) is 11.8 Å². The van der Waals surface area contributed by atoms with Crippen molar-refractivity contribution in [1.29, 1.82) is 0 Å². The van der Waals surface area contributed by atoms with Gasteiger partial charge in [0.1, 0.15) is 11.4 Å². The molecule has 206 valence electrons. The van der Waals surface area contributed by atoms with Crippen LogP contribution in [-0.2, 0) is 20.9 Å². The lowest BCUT2D eigenvalue weighted by atomic mass is 10.00. The average molecular weight is 541 g/mol. The summed E-state index contributed by atoms with van der Waals surface area (Å²) in [4.78, 5) is 38.4. The zero-order chi connectivity index (χ0) is 28.9. The number of anilines is 2. The molecule has 1 aromatic heterocycles. The van der Waals surface area contributed by atoms with Crippen LogP contribution in [0.1, 0.15) is 16.1 Å². The van der Waals surface area contributed by atoms with E-state index in [1.165, 1.54) is 6.08 Å². The zero-order valence-electron chi connectivity index (χ0n) is 22.7. The van der Waals surface area contributed by atoms with Gasteiger partial charge in [0.2, 0.25) is 11.8 Å². The van der Waals surface area contributed by atoms with Crippen LogP contribution in [0.5, 0.6) is 5.75 Å². The molecule has 0 spiro atoms. The third-order valence-corrected chi connectivity index (χ3v) is 5.72. The predicted molar refractivity (Wildman–Crippen MR) is 158 cm³/mol. The molecule has 0 saturated carbocycles. The predicted octanol–water partition coefficient (Wildman–Crippen LogP) is 4.84. The molecule has 0 bridgehead atoms. The lowest BCUT2D eigenvalue weighted by molar-refractivity contribution is -0.115. The minimum absolute atomic E-state index is 0.0687. The first-order valence-corrected chi connectivity index (χ1v) is 12.4. The molecule has 0 aliphatic heterocycles. The smallest absolute Gasteiger partial charge is 0.247 e. The Morgan fingerprint density at radius 1 is 0.975 bits per heavy atom. The SMILES string of the molecule is C=CC(=O)Nc1c(COC)ccc2ccc(-c3cccc(C=O)n3)cc12.CNCC(=O)Nc1cccc(OC)c1. The number of fused-ring (bicyclic) bond motifs is 1. The van der Waals surface area contributed by atoms with Crippen molar-refractivity contribution in [3.05, 3.63) is 96.7 Å². The highest BCUT2D eigenvalue weighted by molar-refractivity contribution is 6.07.